The van der Waals surface area contributed by atoms with Crippen LogP contribution in [0.25, 0.3) is 0 Å². The van der Waals surface area contributed by atoms with E-state index in [9.17, 15) is 0 Å². The normalized spacial score (nSPS) is 11.6. The summed E-state index contributed by atoms with van der Waals surface area (Å²) in [5.74, 6) is 5.07. The highest BCUT2D eigenvalue weighted by Gasteiger charge is 1.92. The summed E-state index contributed by atoms with van der Waals surface area (Å²) >= 11 is 0. The Morgan fingerprint density at radius 3 is 2.67 bits per heavy atom. The first-order valence-corrected chi connectivity index (χ1v) is 4.72. The molecule has 0 aromatic heterocycles. The van der Waals surface area contributed by atoms with Crippen molar-refractivity contribution >= 4 is 0 Å². The van der Waals surface area contributed by atoms with Gasteiger partial charge in [-0.2, -0.15) is 0 Å². The van der Waals surface area contributed by atoms with E-state index in [0.717, 1.165) is 5.56 Å². The molecular weight excluding hydrogens is 192 g/mol. The summed E-state index contributed by atoms with van der Waals surface area (Å²) in [5.41, 5.74) is 1.09. The molecule has 1 aromatic rings. The van der Waals surface area contributed by atoms with Crippen LogP contribution in [-0.2, 0) is 11.3 Å². The van der Waals surface area contributed by atoms with Gasteiger partial charge in [0.1, 0.15) is 12.7 Å². The Hall–Kier alpha value is -1.34. The van der Waals surface area contributed by atoms with E-state index in [4.69, 9.17) is 14.9 Å². The number of hydrogen-bond acceptors (Lipinski definition) is 3. The van der Waals surface area contributed by atoms with E-state index >= 15 is 0 Å². The Balaban J connectivity index is 2.19. The predicted octanol–water partition coefficient (Wildman–Crippen LogP) is 0.560. The number of benzene rings is 1. The highest BCUT2D eigenvalue weighted by Crippen LogP contribution is 1.99. The average Bonchev–Trinajstić information content (AvgIpc) is 2.29. The topological polar surface area (TPSA) is 49.7 Å². The van der Waals surface area contributed by atoms with Crippen molar-refractivity contribution in [2.75, 3.05) is 13.2 Å². The van der Waals surface area contributed by atoms with Crippen LogP contribution in [0.15, 0.2) is 30.3 Å². The highest BCUT2D eigenvalue weighted by molar-refractivity contribution is 5.13. The second-order valence-electron chi connectivity index (χ2n) is 3.00. The molecule has 0 bridgehead atoms. The van der Waals surface area contributed by atoms with Crippen molar-refractivity contribution in [3.05, 3.63) is 35.9 Å². The molecule has 3 heteroatoms. The maximum Gasteiger partial charge on any atom is 0.137 e. The average molecular weight is 206 g/mol. The zero-order valence-corrected chi connectivity index (χ0v) is 8.39. The molecular formula is C12H14O3. The van der Waals surface area contributed by atoms with Crippen molar-refractivity contribution in [3.63, 3.8) is 0 Å². The van der Waals surface area contributed by atoms with Crippen LogP contribution in [0.4, 0.5) is 0 Å². The predicted molar refractivity (Wildman–Crippen MR) is 57.0 cm³/mol. The van der Waals surface area contributed by atoms with Gasteiger partial charge in [0.2, 0.25) is 0 Å². The van der Waals surface area contributed by atoms with Crippen molar-refractivity contribution in [3.8, 4) is 11.8 Å². The molecule has 80 valence electrons. The van der Waals surface area contributed by atoms with Crippen LogP contribution in [0.5, 0.6) is 0 Å². The first kappa shape index (κ1) is 11.7. The molecule has 0 aliphatic heterocycles. The second kappa shape index (κ2) is 7.02. The molecule has 0 aliphatic carbocycles. The van der Waals surface area contributed by atoms with Gasteiger partial charge >= 0.3 is 0 Å². The van der Waals surface area contributed by atoms with Crippen LogP contribution >= 0.6 is 0 Å². The fourth-order valence-electron chi connectivity index (χ4n) is 0.999. The summed E-state index contributed by atoms with van der Waals surface area (Å²) in [7, 11) is 0. The van der Waals surface area contributed by atoms with Crippen LogP contribution in [0.2, 0.25) is 0 Å². The lowest BCUT2D eigenvalue weighted by atomic mass is 10.2. The Morgan fingerprint density at radius 1 is 1.27 bits per heavy atom. The summed E-state index contributed by atoms with van der Waals surface area (Å²) in [5, 5.41) is 17.4. The smallest absolute Gasteiger partial charge is 0.137 e. The SMILES string of the molecule is OCC(O)C#CCOCc1ccccc1. The third-order valence-corrected chi connectivity index (χ3v) is 1.73. The number of rotatable bonds is 4. The molecule has 1 rings (SSSR count). The van der Waals surface area contributed by atoms with Crippen molar-refractivity contribution in [1.82, 2.24) is 0 Å². The maximum atomic E-state index is 8.90. The number of aliphatic hydroxyl groups excluding tert-OH is 2. The molecule has 0 saturated heterocycles. The van der Waals surface area contributed by atoms with Gasteiger partial charge in [-0.3, -0.25) is 0 Å². The van der Waals surface area contributed by atoms with Crippen LogP contribution in [0, 0.1) is 11.8 Å². The zero-order chi connectivity index (χ0) is 10.9. The molecule has 0 aliphatic rings. The lowest BCUT2D eigenvalue weighted by Crippen LogP contribution is -2.08. The summed E-state index contributed by atoms with van der Waals surface area (Å²) < 4.78 is 5.25. The van der Waals surface area contributed by atoms with E-state index < -0.39 is 6.10 Å². The molecule has 2 N–H and O–H groups in total. The summed E-state index contributed by atoms with van der Waals surface area (Å²) in [6.45, 7) is 0.419. The van der Waals surface area contributed by atoms with E-state index in [0.29, 0.717) is 6.61 Å². The van der Waals surface area contributed by atoms with Crippen molar-refractivity contribution < 1.29 is 14.9 Å². The maximum absolute atomic E-state index is 8.90. The summed E-state index contributed by atoms with van der Waals surface area (Å²) in [6, 6.07) is 9.77. The molecule has 0 radical (unpaired) electrons. The molecule has 0 fully saturated rings. The van der Waals surface area contributed by atoms with Crippen molar-refractivity contribution in [1.29, 1.82) is 0 Å². The van der Waals surface area contributed by atoms with E-state index in [1.165, 1.54) is 0 Å². The largest absolute Gasteiger partial charge is 0.393 e. The minimum atomic E-state index is -0.967. The number of hydrogen-bond donors (Lipinski definition) is 2. The molecule has 0 saturated carbocycles. The molecule has 3 nitrogen and oxygen atoms in total. The van der Waals surface area contributed by atoms with E-state index in [-0.39, 0.29) is 13.2 Å². The monoisotopic (exact) mass is 206 g/mol. The Morgan fingerprint density at radius 2 is 2.00 bits per heavy atom. The standard InChI is InChI=1S/C12H14O3/c13-9-12(14)7-4-8-15-10-11-5-2-1-3-6-11/h1-3,5-6,12-14H,8-10H2. The molecule has 1 atom stereocenters. The van der Waals surface area contributed by atoms with Crippen molar-refractivity contribution in [2.45, 2.75) is 12.7 Å². The minimum Gasteiger partial charge on any atom is -0.393 e. The first-order valence-electron chi connectivity index (χ1n) is 4.72. The fourth-order valence-corrected chi connectivity index (χ4v) is 0.999. The number of ether oxygens (including phenoxy) is 1. The minimum absolute atomic E-state index is 0.256. The van der Waals surface area contributed by atoms with Gasteiger partial charge in [0.25, 0.3) is 0 Å². The molecule has 1 aromatic carbocycles. The van der Waals surface area contributed by atoms with Crippen LogP contribution in [-0.4, -0.2) is 29.5 Å². The Kier molecular flexibility index (Phi) is 5.49. The van der Waals surface area contributed by atoms with Gasteiger partial charge < -0.3 is 14.9 Å². The Labute approximate surface area is 89.3 Å². The van der Waals surface area contributed by atoms with Gasteiger partial charge in [0.15, 0.2) is 0 Å². The summed E-state index contributed by atoms with van der Waals surface area (Å²) in [4.78, 5) is 0. The quantitative estimate of drug-likeness (QED) is 0.559. The van der Waals surface area contributed by atoms with Crippen molar-refractivity contribution in [2.24, 2.45) is 0 Å². The number of aliphatic hydroxyl groups is 2. The molecule has 0 spiro atoms. The van der Waals surface area contributed by atoms with Gasteiger partial charge in [0, 0.05) is 0 Å². The van der Waals surface area contributed by atoms with Crippen LogP contribution in [0.3, 0.4) is 0 Å². The van der Waals surface area contributed by atoms with Gasteiger partial charge in [0.05, 0.1) is 13.2 Å². The Bertz CT molecular complexity index is 324. The van der Waals surface area contributed by atoms with E-state index in [1.807, 2.05) is 30.3 Å². The van der Waals surface area contributed by atoms with Gasteiger partial charge in [-0.25, -0.2) is 0 Å². The molecule has 0 amide bonds. The highest BCUT2D eigenvalue weighted by atomic mass is 16.5. The lowest BCUT2D eigenvalue weighted by molar-refractivity contribution is 0.136. The molecule has 15 heavy (non-hydrogen) atoms. The van der Waals surface area contributed by atoms with Gasteiger partial charge in [-0.1, -0.05) is 42.2 Å². The second-order valence-corrected chi connectivity index (χ2v) is 3.00. The fraction of sp³-hybridized carbons (Fsp3) is 0.333. The van der Waals surface area contributed by atoms with Gasteiger partial charge in [-0.15, -0.1) is 0 Å². The van der Waals surface area contributed by atoms with Crippen LogP contribution in [0.1, 0.15) is 5.56 Å². The first-order chi connectivity index (χ1) is 7.33. The molecule has 0 heterocycles. The third-order valence-electron chi connectivity index (χ3n) is 1.73. The zero-order valence-electron chi connectivity index (χ0n) is 8.39. The summed E-state index contributed by atoms with van der Waals surface area (Å²) in [6.07, 6.45) is -0.967. The molecule has 1 unspecified atom stereocenters. The van der Waals surface area contributed by atoms with E-state index in [2.05, 4.69) is 11.8 Å². The van der Waals surface area contributed by atoms with Crippen LogP contribution < -0.4 is 0 Å². The lowest BCUT2D eigenvalue weighted by Gasteiger charge is -1.99. The third kappa shape index (κ3) is 5.18. The van der Waals surface area contributed by atoms with E-state index in [1.54, 1.807) is 0 Å². The van der Waals surface area contributed by atoms with Gasteiger partial charge in [-0.05, 0) is 5.56 Å².